The van der Waals surface area contributed by atoms with Gasteiger partial charge in [-0.1, -0.05) is 13.8 Å². The van der Waals surface area contributed by atoms with Crippen LogP contribution in [-0.2, 0) is 9.59 Å². The zero-order valence-electron chi connectivity index (χ0n) is 16.2. The lowest BCUT2D eigenvalue weighted by atomic mass is 9.98. The van der Waals surface area contributed by atoms with E-state index in [0.717, 1.165) is 11.5 Å². The van der Waals surface area contributed by atoms with Gasteiger partial charge in [-0.15, -0.1) is 0 Å². The summed E-state index contributed by atoms with van der Waals surface area (Å²) in [4.78, 5) is 28.6. The predicted octanol–water partition coefficient (Wildman–Crippen LogP) is 2.57. The second kappa shape index (κ2) is 9.46. The predicted molar refractivity (Wildman–Crippen MR) is 100 cm³/mol. The van der Waals surface area contributed by atoms with Gasteiger partial charge in [0.1, 0.15) is 17.5 Å². The van der Waals surface area contributed by atoms with Gasteiger partial charge in [-0.2, -0.15) is 0 Å². The van der Waals surface area contributed by atoms with Gasteiger partial charge in [0.25, 0.3) is 0 Å². The number of rotatable bonds is 9. The molecule has 0 unspecified atom stereocenters. The number of likely N-dealkylation sites (N-methyl/N-ethyl adjacent to an activating group) is 1. The van der Waals surface area contributed by atoms with Crippen molar-refractivity contribution in [3.8, 4) is 11.5 Å². The molecule has 0 saturated carbocycles. The maximum Gasteiger partial charge on any atom is 0.245 e. The second-order valence-corrected chi connectivity index (χ2v) is 6.96. The maximum absolute atomic E-state index is 12.7. The molecule has 0 N–H and O–H groups in total. The number of hydrogen-bond donors (Lipinski definition) is 0. The third-order valence-electron chi connectivity index (χ3n) is 4.57. The number of carbonyl (C=O) groups is 2. The standard InChI is InChI=1S/C20H30N2O4/c1-5-21-14-19(23)22(18(20(21)24)13-15(2)3)11-6-12-26-17-9-7-16(25-4)8-10-17/h7-10,15,18H,5-6,11-14H2,1-4H3/t18-/m0/s1. The van der Waals surface area contributed by atoms with Gasteiger partial charge in [-0.3, -0.25) is 9.59 Å². The molecule has 0 bridgehead atoms. The van der Waals surface area contributed by atoms with Crippen LogP contribution in [0, 0.1) is 5.92 Å². The number of nitrogens with zero attached hydrogens (tertiary/aromatic N) is 2. The number of carbonyl (C=O) groups excluding carboxylic acids is 2. The van der Waals surface area contributed by atoms with Gasteiger partial charge in [0, 0.05) is 13.1 Å². The molecule has 1 fully saturated rings. The molecule has 1 aliphatic heterocycles. The van der Waals surface area contributed by atoms with Crippen LogP contribution in [-0.4, -0.2) is 61.0 Å². The van der Waals surface area contributed by atoms with Gasteiger partial charge >= 0.3 is 0 Å². The smallest absolute Gasteiger partial charge is 0.245 e. The quantitative estimate of drug-likeness (QED) is 0.634. The Kier molecular flexibility index (Phi) is 7.30. The molecule has 6 heteroatoms. The number of methoxy groups -OCH3 is 1. The van der Waals surface area contributed by atoms with Crippen molar-refractivity contribution in [1.29, 1.82) is 0 Å². The van der Waals surface area contributed by atoms with Crippen LogP contribution in [0.5, 0.6) is 11.5 Å². The summed E-state index contributed by atoms with van der Waals surface area (Å²) in [6.45, 7) is 7.86. The summed E-state index contributed by atoms with van der Waals surface area (Å²) in [6.07, 6.45) is 1.38. The van der Waals surface area contributed by atoms with E-state index in [2.05, 4.69) is 13.8 Å². The van der Waals surface area contributed by atoms with Crippen molar-refractivity contribution in [3.63, 3.8) is 0 Å². The van der Waals surface area contributed by atoms with E-state index in [4.69, 9.17) is 9.47 Å². The highest BCUT2D eigenvalue weighted by Crippen LogP contribution is 2.20. The van der Waals surface area contributed by atoms with E-state index in [1.807, 2.05) is 31.2 Å². The molecule has 0 spiro atoms. The Morgan fingerprint density at radius 3 is 2.38 bits per heavy atom. The molecule has 2 amide bonds. The van der Waals surface area contributed by atoms with Crippen molar-refractivity contribution < 1.29 is 19.1 Å². The molecular weight excluding hydrogens is 332 g/mol. The Balaban J connectivity index is 1.90. The average molecular weight is 362 g/mol. The van der Waals surface area contributed by atoms with Crippen molar-refractivity contribution >= 4 is 11.8 Å². The normalized spacial score (nSPS) is 17.8. The number of benzene rings is 1. The Bertz CT molecular complexity index is 600. The molecule has 1 atom stereocenters. The van der Waals surface area contributed by atoms with Crippen LogP contribution in [0.25, 0.3) is 0 Å². The maximum atomic E-state index is 12.7. The molecule has 2 rings (SSSR count). The fourth-order valence-electron chi connectivity index (χ4n) is 3.17. The van der Waals surface area contributed by atoms with E-state index in [1.165, 1.54) is 0 Å². The Morgan fingerprint density at radius 1 is 1.15 bits per heavy atom. The summed E-state index contributed by atoms with van der Waals surface area (Å²) in [6, 6.07) is 7.06. The highest BCUT2D eigenvalue weighted by Gasteiger charge is 2.38. The van der Waals surface area contributed by atoms with Gasteiger partial charge in [0.15, 0.2) is 0 Å². The van der Waals surface area contributed by atoms with Gasteiger partial charge in [0.05, 0.1) is 20.3 Å². The van der Waals surface area contributed by atoms with Crippen molar-refractivity contribution in [3.05, 3.63) is 24.3 Å². The number of piperazine rings is 1. The summed E-state index contributed by atoms with van der Waals surface area (Å²) in [5.74, 6) is 2.00. The average Bonchev–Trinajstić information content (AvgIpc) is 2.63. The fourth-order valence-corrected chi connectivity index (χ4v) is 3.17. The lowest BCUT2D eigenvalue weighted by Crippen LogP contribution is -2.60. The first-order valence-electron chi connectivity index (χ1n) is 9.31. The van der Waals surface area contributed by atoms with Crippen LogP contribution in [0.15, 0.2) is 24.3 Å². The molecule has 1 saturated heterocycles. The topological polar surface area (TPSA) is 59.1 Å². The minimum atomic E-state index is -0.350. The van der Waals surface area contributed by atoms with Gasteiger partial charge < -0.3 is 19.3 Å². The van der Waals surface area contributed by atoms with E-state index in [0.29, 0.717) is 38.5 Å². The molecule has 1 aliphatic rings. The SMILES string of the molecule is CCN1CC(=O)N(CCCOc2ccc(OC)cc2)[C@@H](CC(C)C)C1=O. The molecule has 0 aromatic heterocycles. The third-order valence-corrected chi connectivity index (χ3v) is 4.57. The summed E-state index contributed by atoms with van der Waals surface area (Å²) < 4.78 is 10.9. The van der Waals surface area contributed by atoms with E-state index >= 15 is 0 Å². The third kappa shape index (κ3) is 5.13. The van der Waals surface area contributed by atoms with Crippen LogP contribution < -0.4 is 9.47 Å². The molecule has 0 aliphatic carbocycles. The molecule has 144 valence electrons. The van der Waals surface area contributed by atoms with Crippen molar-refractivity contribution in [2.75, 3.05) is 33.4 Å². The Hall–Kier alpha value is -2.24. The van der Waals surface area contributed by atoms with E-state index in [1.54, 1.807) is 16.9 Å². The van der Waals surface area contributed by atoms with Crippen LogP contribution in [0.2, 0.25) is 0 Å². The molecule has 6 nitrogen and oxygen atoms in total. The van der Waals surface area contributed by atoms with E-state index in [-0.39, 0.29) is 24.4 Å². The molecular formula is C20H30N2O4. The molecule has 1 aromatic carbocycles. The van der Waals surface area contributed by atoms with Crippen LogP contribution in [0.3, 0.4) is 0 Å². The Labute approximate surface area is 156 Å². The highest BCUT2D eigenvalue weighted by atomic mass is 16.5. The van der Waals surface area contributed by atoms with Gasteiger partial charge in [0.2, 0.25) is 11.8 Å². The van der Waals surface area contributed by atoms with Gasteiger partial charge in [-0.05, 0) is 49.9 Å². The minimum absolute atomic E-state index is 0.0292. The van der Waals surface area contributed by atoms with Crippen LogP contribution in [0.4, 0.5) is 0 Å². The molecule has 26 heavy (non-hydrogen) atoms. The number of hydrogen-bond acceptors (Lipinski definition) is 4. The first-order valence-corrected chi connectivity index (χ1v) is 9.31. The zero-order chi connectivity index (χ0) is 19.1. The zero-order valence-corrected chi connectivity index (χ0v) is 16.2. The summed E-state index contributed by atoms with van der Waals surface area (Å²) in [5.41, 5.74) is 0. The van der Waals surface area contributed by atoms with Crippen molar-refractivity contribution in [2.24, 2.45) is 5.92 Å². The van der Waals surface area contributed by atoms with E-state index < -0.39 is 0 Å². The van der Waals surface area contributed by atoms with Crippen LogP contribution >= 0.6 is 0 Å². The first kappa shape index (κ1) is 20.1. The second-order valence-electron chi connectivity index (χ2n) is 6.96. The van der Waals surface area contributed by atoms with Gasteiger partial charge in [-0.25, -0.2) is 0 Å². The number of amides is 2. The fraction of sp³-hybridized carbons (Fsp3) is 0.600. The van der Waals surface area contributed by atoms with E-state index in [9.17, 15) is 9.59 Å². The number of ether oxygens (including phenoxy) is 2. The largest absolute Gasteiger partial charge is 0.497 e. The van der Waals surface area contributed by atoms with Crippen molar-refractivity contribution in [2.45, 2.75) is 39.7 Å². The lowest BCUT2D eigenvalue weighted by Gasteiger charge is -2.40. The molecule has 1 aromatic rings. The Morgan fingerprint density at radius 2 is 1.81 bits per heavy atom. The lowest BCUT2D eigenvalue weighted by molar-refractivity contribution is -0.156. The monoisotopic (exact) mass is 362 g/mol. The first-order chi connectivity index (χ1) is 12.5. The summed E-state index contributed by atoms with van der Waals surface area (Å²) >= 11 is 0. The van der Waals surface area contributed by atoms with Crippen molar-refractivity contribution in [1.82, 2.24) is 9.80 Å². The molecule has 1 heterocycles. The molecule has 0 radical (unpaired) electrons. The highest BCUT2D eigenvalue weighted by molar-refractivity contribution is 5.94. The summed E-state index contributed by atoms with van der Waals surface area (Å²) in [5, 5.41) is 0. The minimum Gasteiger partial charge on any atom is -0.497 e. The summed E-state index contributed by atoms with van der Waals surface area (Å²) in [7, 11) is 1.63. The van der Waals surface area contributed by atoms with Crippen LogP contribution in [0.1, 0.15) is 33.6 Å².